The minimum Gasteiger partial charge on any atom is -0.330 e. The van der Waals surface area contributed by atoms with Gasteiger partial charge in [0.2, 0.25) is 0 Å². The molecule has 0 heterocycles. The van der Waals surface area contributed by atoms with E-state index >= 15 is 0 Å². The molecule has 1 nitrogen and oxygen atoms in total. The van der Waals surface area contributed by atoms with Crippen molar-refractivity contribution in [1.29, 1.82) is 0 Å². The fraction of sp³-hybridized carbons (Fsp3) is 0.333. The fourth-order valence-electron chi connectivity index (χ4n) is 0.827. The zero-order valence-corrected chi connectivity index (χ0v) is 9.20. The third-order valence-corrected chi connectivity index (χ3v) is 3.56. The van der Waals surface area contributed by atoms with Crippen molar-refractivity contribution >= 4 is 27.7 Å². The van der Waals surface area contributed by atoms with Crippen LogP contribution < -0.4 is 5.73 Å². The molecule has 1 rings (SSSR count). The van der Waals surface area contributed by atoms with Gasteiger partial charge in [0.05, 0.1) is 0 Å². The van der Waals surface area contributed by atoms with Crippen LogP contribution in [0, 0.1) is 0 Å². The summed E-state index contributed by atoms with van der Waals surface area (Å²) in [6, 6.07) is 8.25. The Hall–Kier alpha value is 0.01000. The Morgan fingerprint density at radius 3 is 2.75 bits per heavy atom. The maximum Gasteiger partial charge on any atom is 0.0311 e. The average molecular weight is 246 g/mol. The van der Waals surface area contributed by atoms with Crippen molar-refractivity contribution < 1.29 is 0 Å². The molecule has 1 aromatic carbocycles. The number of thioether (sulfide) groups is 1. The van der Waals surface area contributed by atoms with E-state index in [1.54, 1.807) is 0 Å². The molecule has 3 heteroatoms. The van der Waals surface area contributed by atoms with Crippen LogP contribution in [0.1, 0.15) is 6.42 Å². The molecule has 0 fully saturated rings. The topological polar surface area (TPSA) is 26.0 Å². The van der Waals surface area contributed by atoms with Gasteiger partial charge in [-0.25, -0.2) is 0 Å². The summed E-state index contributed by atoms with van der Waals surface area (Å²) in [4.78, 5) is 1.30. The van der Waals surface area contributed by atoms with Gasteiger partial charge < -0.3 is 5.73 Å². The van der Waals surface area contributed by atoms with Gasteiger partial charge in [-0.2, -0.15) is 0 Å². The second-order valence-electron chi connectivity index (χ2n) is 2.42. The summed E-state index contributed by atoms with van der Waals surface area (Å²) in [5, 5.41) is 0. The zero-order chi connectivity index (χ0) is 8.81. The summed E-state index contributed by atoms with van der Waals surface area (Å²) >= 11 is 5.34. The number of benzene rings is 1. The lowest BCUT2D eigenvalue weighted by Crippen LogP contribution is -1.99. The molecule has 0 aliphatic rings. The number of halogens is 1. The van der Waals surface area contributed by atoms with Crippen molar-refractivity contribution in [3.8, 4) is 0 Å². The normalized spacial score (nSPS) is 10.2. The van der Waals surface area contributed by atoms with Crippen molar-refractivity contribution in [2.45, 2.75) is 11.3 Å². The molecule has 0 aromatic heterocycles. The van der Waals surface area contributed by atoms with E-state index in [-0.39, 0.29) is 0 Å². The largest absolute Gasteiger partial charge is 0.330 e. The van der Waals surface area contributed by atoms with Crippen molar-refractivity contribution in [3.05, 3.63) is 28.7 Å². The number of nitrogens with two attached hydrogens (primary N) is 1. The Labute approximate surface area is 85.9 Å². The highest BCUT2D eigenvalue weighted by Gasteiger charge is 1.97. The molecule has 0 aliphatic heterocycles. The monoisotopic (exact) mass is 245 g/mol. The van der Waals surface area contributed by atoms with Gasteiger partial charge in [0.1, 0.15) is 0 Å². The molecule has 0 saturated heterocycles. The van der Waals surface area contributed by atoms with Crippen LogP contribution in [0.5, 0.6) is 0 Å². The predicted octanol–water partition coefficient (Wildman–Crippen LogP) is 2.89. The van der Waals surface area contributed by atoms with Crippen LogP contribution in [0.3, 0.4) is 0 Å². The SMILES string of the molecule is NCCCSc1ccccc1Br. The van der Waals surface area contributed by atoms with E-state index in [2.05, 4.69) is 34.1 Å². The van der Waals surface area contributed by atoms with Crippen LogP contribution in [0.4, 0.5) is 0 Å². The molecule has 66 valence electrons. The standard InChI is InChI=1S/C9H12BrNS/c10-8-4-1-2-5-9(8)12-7-3-6-11/h1-2,4-5H,3,6-7,11H2. The first-order valence-corrected chi connectivity index (χ1v) is 5.70. The molecular formula is C9H12BrNS. The van der Waals surface area contributed by atoms with Gasteiger partial charge in [-0.15, -0.1) is 11.8 Å². The van der Waals surface area contributed by atoms with E-state index in [0.29, 0.717) is 0 Å². The first-order valence-electron chi connectivity index (χ1n) is 3.92. The van der Waals surface area contributed by atoms with Crippen molar-refractivity contribution in [2.24, 2.45) is 5.73 Å². The minimum absolute atomic E-state index is 0.775. The number of rotatable bonds is 4. The third-order valence-electron chi connectivity index (χ3n) is 1.44. The molecule has 0 aliphatic carbocycles. The van der Waals surface area contributed by atoms with Crippen LogP contribution >= 0.6 is 27.7 Å². The number of hydrogen-bond acceptors (Lipinski definition) is 2. The molecular weight excluding hydrogens is 234 g/mol. The summed E-state index contributed by atoms with van der Waals surface area (Å²) in [6.45, 7) is 0.775. The molecule has 2 N–H and O–H groups in total. The van der Waals surface area contributed by atoms with Crippen LogP contribution in [-0.4, -0.2) is 12.3 Å². The van der Waals surface area contributed by atoms with Gasteiger partial charge in [0.25, 0.3) is 0 Å². The maximum atomic E-state index is 5.41. The molecule has 0 unspecified atom stereocenters. The highest BCUT2D eigenvalue weighted by Crippen LogP contribution is 2.26. The van der Waals surface area contributed by atoms with Crippen molar-refractivity contribution in [3.63, 3.8) is 0 Å². The Kier molecular flexibility index (Phi) is 4.73. The zero-order valence-electron chi connectivity index (χ0n) is 6.79. The minimum atomic E-state index is 0.775. The quantitative estimate of drug-likeness (QED) is 0.653. The van der Waals surface area contributed by atoms with E-state index in [1.807, 2.05) is 17.8 Å². The molecule has 0 saturated carbocycles. The van der Waals surface area contributed by atoms with Crippen LogP contribution in [0.15, 0.2) is 33.6 Å². The third kappa shape index (κ3) is 3.17. The van der Waals surface area contributed by atoms with E-state index < -0.39 is 0 Å². The molecule has 0 bridgehead atoms. The molecule has 0 radical (unpaired) electrons. The summed E-state index contributed by atoms with van der Waals surface area (Å²) in [5.41, 5.74) is 5.41. The predicted molar refractivity (Wildman–Crippen MR) is 58.5 cm³/mol. The molecule has 0 spiro atoms. The van der Waals surface area contributed by atoms with Crippen molar-refractivity contribution in [1.82, 2.24) is 0 Å². The van der Waals surface area contributed by atoms with Gasteiger partial charge in [-0.3, -0.25) is 0 Å². The van der Waals surface area contributed by atoms with Gasteiger partial charge in [0, 0.05) is 9.37 Å². The first kappa shape index (κ1) is 10.1. The van der Waals surface area contributed by atoms with Crippen molar-refractivity contribution in [2.75, 3.05) is 12.3 Å². The smallest absolute Gasteiger partial charge is 0.0311 e. The van der Waals surface area contributed by atoms with E-state index in [9.17, 15) is 0 Å². The lowest BCUT2D eigenvalue weighted by atomic mass is 10.4. The molecule has 12 heavy (non-hydrogen) atoms. The second kappa shape index (κ2) is 5.62. The highest BCUT2D eigenvalue weighted by molar-refractivity contribution is 9.10. The summed E-state index contributed by atoms with van der Waals surface area (Å²) < 4.78 is 1.17. The maximum absolute atomic E-state index is 5.41. The Balaban J connectivity index is 2.46. The van der Waals surface area contributed by atoms with Gasteiger partial charge in [-0.05, 0) is 46.8 Å². The lowest BCUT2D eigenvalue weighted by Gasteiger charge is -2.01. The van der Waals surface area contributed by atoms with Crippen LogP contribution in [-0.2, 0) is 0 Å². The Morgan fingerprint density at radius 2 is 2.08 bits per heavy atom. The van der Waals surface area contributed by atoms with E-state index in [4.69, 9.17) is 5.73 Å². The van der Waals surface area contributed by atoms with Gasteiger partial charge in [-0.1, -0.05) is 12.1 Å². The Morgan fingerprint density at radius 1 is 1.33 bits per heavy atom. The number of hydrogen-bond donors (Lipinski definition) is 1. The molecule has 0 atom stereocenters. The first-order chi connectivity index (χ1) is 5.84. The summed E-state index contributed by atoms with van der Waals surface area (Å²) in [7, 11) is 0. The van der Waals surface area contributed by atoms with Crippen LogP contribution in [0.2, 0.25) is 0 Å². The van der Waals surface area contributed by atoms with E-state index in [1.165, 1.54) is 9.37 Å². The Bertz CT molecular complexity index is 240. The van der Waals surface area contributed by atoms with Crippen LogP contribution in [0.25, 0.3) is 0 Å². The average Bonchev–Trinajstić information content (AvgIpc) is 2.09. The second-order valence-corrected chi connectivity index (χ2v) is 4.41. The highest BCUT2D eigenvalue weighted by atomic mass is 79.9. The summed E-state index contributed by atoms with van der Waals surface area (Å²) in [5.74, 6) is 1.10. The summed E-state index contributed by atoms with van der Waals surface area (Å²) in [6.07, 6.45) is 1.08. The lowest BCUT2D eigenvalue weighted by molar-refractivity contribution is 0.943. The van der Waals surface area contributed by atoms with Gasteiger partial charge >= 0.3 is 0 Å². The van der Waals surface area contributed by atoms with E-state index in [0.717, 1.165) is 18.7 Å². The molecule has 0 amide bonds. The van der Waals surface area contributed by atoms with Gasteiger partial charge in [0.15, 0.2) is 0 Å². The molecule has 1 aromatic rings. The fourth-order valence-corrected chi connectivity index (χ4v) is 2.37.